The van der Waals surface area contributed by atoms with E-state index in [1.54, 1.807) is 0 Å². The summed E-state index contributed by atoms with van der Waals surface area (Å²) in [7, 11) is -3.24. The van der Waals surface area contributed by atoms with Crippen LogP contribution in [0.5, 0.6) is 0 Å². The molecule has 2 aromatic rings. The Morgan fingerprint density at radius 3 is 1.36 bits per heavy atom. The van der Waals surface area contributed by atoms with Crippen LogP contribution in [-0.4, -0.2) is 24.8 Å². The van der Waals surface area contributed by atoms with Crippen molar-refractivity contribution < 1.29 is 40.8 Å². The third-order valence-electron chi connectivity index (χ3n) is 3.58. The molecule has 28 heavy (non-hydrogen) atoms. The van der Waals surface area contributed by atoms with Gasteiger partial charge in [-0.3, -0.25) is 9.59 Å². The quantitative estimate of drug-likeness (QED) is 0.424. The predicted molar refractivity (Wildman–Crippen MR) is 90.2 cm³/mol. The first-order valence-corrected chi connectivity index (χ1v) is 8.91. The van der Waals surface area contributed by atoms with Crippen molar-refractivity contribution in [2.75, 3.05) is 13.2 Å². The summed E-state index contributed by atoms with van der Waals surface area (Å²) in [6, 6.07) is 12.3. The summed E-state index contributed by atoms with van der Waals surface area (Å²) >= 11 is 0. The lowest BCUT2D eigenvalue weighted by Crippen LogP contribution is -2.30. The molecule has 148 valence electrons. The second-order valence-electron chi connectivity index (χ2n) is 5.50. The lowest BCUT2D eigenvalue weighted by molar-refractivity contribution is -0.147. The Balaban J connectivity index is 1.86. The van der Waals surface area contributed by atoms with Gasteiger partial charge >= 0.3 is 20.1 Å². The number of halogens is 4. The van der Waals surface area contributed by atoms with Gasteiger partial charge in [0.05, 0.1) is 0 Å². The van der Waals surface area contributed by atoms with Crippen LogP contribution in [0.15, 0.2) is 60.7 Å². The molecule has 0 bridgehead atoms. The van der Waals surface area contributed by atoms with Crippen LogP contribution in [0.3, 0.4) is 0 Å². The van der Waals surface area contributed by atoms with Gasteiger partial charge in [0.25, 0.3) is 0 Å². The van der Waals surface area contributed by atoms with E-state index in [0.29, 0.717) is 0 Å². The molecule has 0 heterocycles. The maximum absolute atomic E-state index is 13.9. The first-order valence-electron chi connectivity index (χ1n) is 7.82. The topological polar surface area (TPSA) is 69.7 Å². The zero-order chi connectivity index (χ0) is 20.8. The van der Waals surface area contributed by atoms with Crippen LogP contribution in [0.1, 0.15) is 11.1 Å². The van der Waals surface area contributed by atoms with Crippen LogP contribution in [0.4, 0.5) is 17.6 Å². The molecule has 2 aromatic carbocycles. The van der Waals surface area contributed by atoms with E-state index in [1.165, 1.54) is 36.4 Å². The first kappa shape index (κ1) is 21.8. The average molecular weight is 417 g/mol. The first-order chi connectivity index (χ1) is 13.2. The van der Waals surface area contributed by atoms with Crippen molar-refractivity contribution in [1.82, 2.24) is 0 Å². The van der Waals surface area contributed by atoms with Gasteiger partial charge in [0.1, 0.15) is 0 Å². The molecular formula is C18H14F4O5P+. The summed E-state index contributed by atoms with van der Waals surface area (Å²) in [5, 5.41) is 0. The Hall–Kier alpha value is -2.48. The number of hydrogen-bond acceptors (Lipinski definition) is 5. The average Bonchev–Trinajstić information content (AvgIpc) is 2.71. The minimum atomic E-state index is -3.90. The number of Topliss-reactive ketones (excluding diaryl/α,β-unsaturated/α-hetero) is 2. The second-order valence-corrected chi connectivity index (χ2v) is 6.46. The number of rotatable bonds is 10. The van der Waals surface area contributed by atoms with Crippen molar-refractivity contribution in [2.24, 2.45) is 0 Å². The van der Waals surface area contributed by atoms with Gasteiger partial charge in [-0.25, -0.2) is 0 Å². The molecule has 0 unspecified atom stereocenters. The molecule has 0 saturated carbocycles. The monoisotopic (exact) mass is 417 g/mol. The molecule has 5 nitrogen and oxygen atoms in total. The Bertz CT molecular complexity index is 774. The fraction of sp³-hybridized carbons (Fsp3) is 0.222. The van der Waals surface area contributed by atoms with E-state index in [2.05, 4.69) is 9.05 Å². The Morgan fingerprint density at radius 1 is 0.714 bits per heavy atom. The molecule has 0 fully saturated rings. The van der Waals surface area contributed by atoms with E-state index in [1.807, 2.05) is 0 Å². The molecule has 0 saturated heterocycles. The molecule has 0 spiro atoms. The van der Waals surface area contributed by atoms with Crippen molar-refractivity contribution in [2.45, 2.75) is 11.8 Å². The maximum Gasteiger partial charge on any atom is 0.698 e. The zero-order valence-corrected chi connectivity index (χ0v) is 15.1. The van der Waals surface area contributed by atoms with Crippen molar-refractivity contribution in [3.8, 4) is 0 Å². The highest BCUT2D eigenvalue weighted by molar-refractivity contribution is 7.33. The van der Waals surface area contributed by atoms with E-state index < -0.39 is 56.0 Å². The normalized spacial score (nSPS) is 11.9. The van der Waals surface area contributed by atoms with Gasteiger partial charge in [-0.2, -0.15) is 17.6 Å². The number of ketones is 2. The third kappa shape index (κ3) is 5.28. The summed E-state index contributed by atoms with van der Waals surface area (Å²) < 4.78 is 75.9. The third-order valence-corrected chi connectivity index (χ3v) is 4.26. The van der Waals surface area contributed by atoms with Crippen molar-refractivity contribution in [3.05, 3.63) is 71.8 Å². The smallest absolute Gasteiger partial charge is 0.290 e. The van der Waals surface area contributed by atoms with E-state index in [-0.39, 0.29) is 0 Å². The van der Waals surface area contributed by atoms with Crippen LogP contribution < -0.4 is 0 Å². The fourth-order valence-electron chi connectivity index (χ4n) is 2.06. The molecule has 0 aliphatic carbocycles. The highest BCUT2D eigenvalue weighted by Gasteiger charge is 2.44. The molecular weight excluding hydrogens is 403 g/mol. The summed E-state index contributed by atoms with van der Waals surface area (Å²) in [6.45, 7) is -2.58. The largest absolute Gasteiger partial charge is 0.698 e. The van der Waals surface area contributed by atoms with E-state index in [9.17, 15) is 31.7 Å². The Morgan fingerprint density at radius 2 is 1.04 bits per heavy atom. The molecule has 10 heteroatoms. The van der Waals surface area contributed by atoms with Gasteiger partial charge in [0.15, 0.2) is 13.2 Å². The van der Waals surface area contributed by atoms with Crippen LogP contribution >= 0.6 is 8.25 Å². The molecule has 0 radical (unpaired) electrons. The van der Waals surface area contributed by atoms with Gasteiger partial charge in [0, 0.05) is 15.7 Å². The Labute approximate surface area is 158 Å². The SMILES string of the molecule is O=C(CO[P+](=O)OCC(=O)C(F)(F)c1ccccc1)C(F)(F)c1ccccc1. The van der Waals surface area contributed by atoms with Gasteiger partial charge < -0.3 is 0 Å². The lowest BCUT2D eigenvalue weighted by Gasteiger charge is -2.13. The van der Waals surface area contributed by atoms with Crippen LogP contribution in [0, 0.1) is 0 Å². The highest BCUT2D eigenvalue weighted by Crippen LogP contribution is 2.33. The number of carbonyl (C=O) groups excluding carboxylic acids is 2. The molecule has 0 atom stereocenters. The molecule has 2 rings (SSSR count). The number of benzene rings is 2. The van der Waals surface area contributed by atoms with Crippen molar-refractivity contribution in [1.29, 1.82) is 0 Å². The Kier molecular flexibility index (Phi) is 7.12. The summed E-state index contributed by atoms with van der Waals surface area (Å²) in [5.41, 5.74) is -1.17. The van der Waals surface area contributed by atoms with Crippen LogP contribution in [-0.2, 0) is 35.0 Å². The number of alkyl halides is 4. The van der Waals surface area contributed by atoms with Gasteiger partial charge in [0.2, 0.25) is 11.6 Å². The van der Waals surface area contributed by atoms with E-state index in [4.69, 9.17) is 0 Å². The summed E-state index contributed by atoms with van der Waals surface area (Å²) in [6.07, 6.45) is 0. The molecule has 0 aliphatic heterocycles. The lowest BCUT2D eigenvalue weighted by atomic mass is 10.1. The van der Waals surface area contributed by atoms with Crippen molar-refractivity contribution >= 4 is 19.8 Å². The standard InChI is InChI=1S/C18H14F4O5P/c19-17(20,13-7-3-1-4-8-13)15(23)11-26-28(25)27-12-16(24)18(21,22)14-9-5-2-6-10-14/h1-10H,11-12H2/q+1. The second kappa shape index (κ2) is 9.14. The summed E-state index contributed by atoms with van der Waals surface area (Å²) in [4.78, 5) is 23.2. The van der Waals surface area contributed by atoms with Gasteiger partial charge in [-0.1, -0.05) is 60.7 Å². The van der Waals surface area contributed by atoms with Crippen molar-refractivity contribution in [3.63, 3.8) is 0 Å². The van der Waals surface area contributed by atoms with Crippen LogP contribution in [0.25, 0.3) is 0 Å². The number of carbonyl (C=O) groups is 2. The van der Waals surface area contributed by atoms with E-state index >= 15 is 0 Å². The number of hydrogen-bond donors (Lipinski definition) is 0. The molecule has 0 amide bonds. The maximum atomic E-state index is 13.9. The molecule has 0 N–H and O–H groups in total. The zero-order valence-electron chi connectivity index (χ0n) is 14.2. The highest BCUT2D eigenvalue weighted by atomic mass is 31.1. The van der Waals surface area contributed by atoms with E-state index in [0.717, 1.165) is 24.3 Å². The summed E-state index contributed by atoms with van der Waals surface area (Å²) in [5.74, 6) is -11.2. The minimum Gasteiger partial charge on any atom is -0.290 e. The minimum absolute atomic E-state index is 0.586. The van der Waals surface area contributed by atoms with Gasteiger partial charge in [-0.15, -0.1) is 9.05 Å². The molecule has 0 aliphatic rings. The van der Waals surface area contributed by atoms with Crippen LogP contribution in [0.2, 0.25) is 0 Å². The predicted octanol–water partition coefficient (Wildman–Crippen LogP) is 4.40. The fourth-order valence-corrected chi connectivity index (χ4v) is 2.58. The molecule has 0 aromatic heterocycles. The van der Waals surface area contributed by atoms with Gasteiger partial charge in [-0.05, 0) is 0 Å².